The lowest BCUT2D eigenvalue weighted by molar-refractivity contribution is -0.137. The Balaban J connectivity index is 2.09. The van der Waals surface area contributed by atoms with Gasteiger partial charge in [0.25, 0.3) is 0 Å². The zero-order chi connectivity index (χ0) is 15.6. The minimum atomic E-state index is -4.27. The van der Waals surface area contributed by atoms with E-state index < -0.39 is 11.7 Å². The normalized spacial score (nSPS) is 11.6. The summed E-state index contributed by atoms with van der Waals surface area (Å²) in [5, 5.41) is 0. The van der Waals surface area contributed by atoms with Crippen LogP contribution in [0, 0.1) is 0 Å². The van der Waals surface area contributed by atoms with Crippen molar-refractivity contribution in [1.29, 1.82) is 0 Å². The van der Waals surface area contributed by atoms with Crippen LogP contribution in [0.2, 0.25) is 0 Å². The Morgan fingerprint density at radius 1 is 0.952 bits per heavy atom. The lowest BCUT2D eigenvalue weighted by atomic mass is 10.1. The van der Waals surface area contributed by atoms with Gasteiger partial charge >= 0.3 is 6.18 Å². The molecule has 21 heavy (non-hydrogen) atoms. The fraction of sp³-hybridized carbons (Fsp3) is 0.529. The predicted molar refractivity (Wildman–Crippen MR) is 79.0 cm³/mol. The number of unbranched alkanes of at least 4 members (excludes halogenated alkanes) is 5. The monoisotopic (exact) mass is 300 g/mol. The van der Waals surface area contributed by atoms with E-state index in [-0.39, 0.29) is 0 Å². The zero-order valence-electron chi connectivity index (χ0n) is 12.3. The third-order valence-electron chi connectivity index (χ3n) is 3.25. The lowest BCUT2D eigenvalue weighted by Crippen LogP contribution is -2.04. The fourth-order valence-corrected chi connectivity index (χ4v) is 2.00. The van der Waals surface area contributed by atoms with E-state index in [1.54, 1.807) is 0 Å². The Kier molecular flexibility index (Phi) is 8.13. The van der Waals surface area contributed by atoms with Crippen LogP contribution in [0.1, 0.15) is 49.7 Å². The Bertz CT molecular complexity index is 395. The molecule has 1 nitrogen and oxygen atoms in total. The molecular weight excluding hydrogens is 277 g/mol. The maximum Gasteiger partial charge on any atom is 0.416 e. The van der Waals surface area contributed by atoms with Gasteiger partial charge in [0, 0.05) is 6.61 Å². The summed E-state index contributed by atoms with van der Waals surface area (Å²) in [6, 6.07) is 5.13. The molecule has 1 rings (SSSR count). The molecule has 0 saturated heterocycles. The molecule has 0 N–H and O–H groups in total. The number of ether oxygens (including phenoxy) is 1. The molecule has 0 spiro atoms. The lowest BCUT2D eigenvalue weighted by Gasteiger charge is -2.08. The van der Waals surface area contributed by atoms with Crippen molar-refractivity contribution in [2.45, 2.75) is 51.3 Å². The maximum absolute atomic E-state index is 12.4. The molecule has 0 saturated carbocycles. The summed E-state index contributed by atoms with van der Waals surface area (Å²) in [6.45, 7) is 4.71. The quantitative estimate of drug-likeness (QED) is 0.395. The van der Waals surface area contributed by atoms with E-state index >= 15 is 0 Å². The van der Waals surface area contributed by atoms with Crippen LogP contribution in [0.3, 0.4) is 0 Å². The molecule has 0 unspecified atom stereocenters. The van der Waals surface area contributed by atoms with Gasteiger partial charge in [0.1, 0.15) is 0 Å². The van der Waals surface area contributed by atoms with E-state index in [1.165, 1.54) is 31.4 Å². The topological polar surface area (TPSA) is 9.23 Å². The highest BCUT2D eigenvalue weighted by atomic mass is 19.4. The first-order valence-electron chi connectivity index (χ1n) is 7.39. The van der Waals surface area contributed by atoms with Crippen LogP contribution >= 0.6 is 0 Å². The van der Waals surface area contributed by atoms with Gasteiger partial charge in [-0.05, 0) is 37.0 Å². The highest BCUT2D eigenvalue weighted by Crippen LogP contribution is 2.29. The minimum absolute atomic E-state index is 0.370. The standard InChI is InChI=1S/C17H23F3O/c1-2-3-4-5-6-7-8-13-21-14-15-9-11-16(12-10-15)17(18,19)20/h2,9-12H,1,3-8,13-14H2. The van der Waals surface area contributed by atoms with Crippen molar-refractivity contribution >= 4 is 0 Å². The molecule has 118 valence electrons. The second kappa shape index (κ2) is 9.61. The van der Waals surface area contributed by atoms with Crippen LogP contribution in [0.4, 0.5) is 13.2 Å². The zero-order valence-corrected chi connectivity index (χ0v) is 12.3. The number of allylic oxidation sites excluding steroid dienone is 1. The molecular formula is C17H23F3O. The summed E-state index contributed by atoms with van der Waals surface area (Å²) in [6.07, 6.45) is 4.46. The van der Waals surface area contributed by atoms with Crippen molar-refractivity contribution < 1.29 is 17.9 Å². The van der Waals surface area contributed by atoms with E-state index in [0.29, 0.717) is 13.2 Å². The third-order valence-corrected chi connectivity index (χ3v) is 3.25. The second-order valence-corrected chi connectivity index (χ2v) is 5.09. The molecule has 0 atom stereocenters. The Hall–Kier alpha value is -1.29. The number of alkyl halides is 3. The molecule has 1 aromatic carbocycles. The molecule has 0 aliphatic carbocycles. The van der Waals surface area contributed by atoms with Crippen molar-refractivity contribution in [3.8, 4) is 0 Å². The molecule has 0 aliphatic rings. The average Bonchev–Trinajstić information content (AvgIpc) is 2.45. The first-order chi connectivity index (χ1) is 10.0. The summed E-state index contributed by atoms with van der Waals surface area (Å²) in [4.78, 5) is 0. The van der Waals surface area contributed by atoms with Gasteiger partial charge in [0.15, 0.2) is 0 Å². The van der Waals surface area contributed by atoms with Gasteiger partial charge in [-0.1, -0.05) is 37.5 Å². The number of hydrogen-bond donors (Lipinski definition) is 0. The molecule has 0 aliphatic heterocycles. The fourth-order valence-electron chi connectivity index (χ4n) is 2.00. The van der Waals surface area contributed by atoms with E-state index in [2.05, 4.69) is 6.58 Å². The summed E-state index contributed by atoms with van der Waals surface area (Å²) >= 11 is 0. The third kappa shape index (κ3) is 7.90. The number of benzene rings is 1. The van der Waals surface area contributed by atoms with Crippen molar-refractivity contribution in [2.24, 2.45) is 0 Å². The highest BCUT2D eigenvalue weighted by Gasteiger charge is 2.29. The summed E-state index contributed by atoms with van der Waals surface area (Å²) in [7, 11) is 0. The van der Waals surface area contributed by atoms with Crippen LogP contribution in [-0.4, -0.2) is 6.61 Å². The smallest absolute Gasteiger partial charge is 0.377 e. The maximum atomic E-state index is 12.4. The van der Waals surface area contributed by atoms with Gasteiger partial charge in [0.05, 0.1) is 12.2 Å². The summed E-state index contributed by atoms with van der Waals surface area (Å²) in [5.74, 6) is 0. The molecule has 0 radical (unpaired) electrons. The average molecular weight is 300 g/mol. The van der Waals surface area contributed by atoms with Gasteiger partial charge in [-0.3, -0.25) is 0 Å². The van der Waals surface area contributed by atoms with Crippen molar-refractivity contribution in [3.63, 3.8) is 0 Å². The Morgan fingerprint density at radius 3 is 2.19 bits per heavy atom. The first kappa shape index (κ1) is 17.8. The van der Waals surface area contributed by atoms with Gasteiger partial charge in [-0.15, -0.1) is 6.58 Å². The number of rotatable bonds is 10. The largest absolute Gasteiger partial charge is 0.416 e. The van der Waals surface area contributed by atoms with E-state index in [1.807, 2.05) is 6.08 Å². The SMILES string of the molecule is C=CCCCCCCCOCc1ccc(C(F)(F)F)cc1. The van der Waals surface area contributed by atoms with Gasteiger partial charge in [-0.2, -0.15) is 13.2 Å². The van der Waals surface area contributed by atoms with Crippen LogP contribution in [0.5, 0.6) is 0 Å². The van der Waals surface area contributed by atoms with Crippen molar-refractivity contribution in [2.75, 3.05) is 6.61 Å². The van der Waals surface area contributed by atoms with Crippen molar-refractivity contribution in [3.05, 3.63) is 48.0 Å². The molecule has 1 aromatic rings. The number of halogens is 3. The van der Waals surface area contributed by atoms with E-state index in [9.17, 15) is 13.2 Å². The summed E-state index contributed by atoms with van der Waals surface area (Å²) in [5.41, 5.74) is 0.153. The van der Waals surface area contributed by atoms with Gasteiger partial charge in [0.2, 0.25) is 0 Å². The van der Waals surface area contributed by atoms with Crippen LogP contribution < -0.4 is 0 Å². The highest BCUT2D eigenvalue weighted by molar-refractivity contribution is 5.24. The van der Waals surface area contributed by atoms with Gasteiger partial charge in [-0.25, -0.2) is 0 Å². The van der Waals surface area contributed by atoms with E-state index in [4.69, 9.17) is 4.74 Å². The molecule has 0 heterocycles. The predicted octanol–water partition coefficient (Wildman–Crippen LogP) is 5.75. The van der Waals surface area contributed by atoms with Crippen LogP contribution in [0.25, 0.3) is 0 Å². The van der Waals surface area contributed by atoms with Gasteiger partial charge < -0.3 is 4.74 Å². The van der Waals surface area contributed by atoms with Crippen LogP contribution in [-0.2, 0) is 17.5 Å². The molecule has 0 amide bonds. The first-order valence-corrected chi connectivity index (χ1v) is 7.39. The van der Waals surface area contributed by atoms with E-state index in [0.717, 1.165) is 37.0 Å². The second-order valence-electron chi connectivity index (χ2n) is 5.09. The Labute approximate surface area is 124 Å². The Morgan fingerprint density at radius 2 is 1.57 bits per heavy atom. The molecule has 0 bridgehead atoms. The summed E-state index contributed by atoms with van der Waals surface area (Å²) < 4.78 is 42.6. The molecule has 4 heteroatoms. The minimum Gasteiger partial charge on any atom is -0.377 e. The molecule has 0 aromatic heterocycles. The van der Waals surface area contributed by atoms with Crippen molar-refractivity contribution in [1.82, 2.24) is 0 Å². The van der Waals surface area contributed by atoms with Crippen LogP contribution in [0.15, 0.2) is 36.9 Å². The molecule has 0 fully saturated rings. The number of hydrogen-bond acceptors (Lipinski definition) is 1.